The highest BCUT2D eigenvalue weighted by Crippen LogP contribution is 2.64. The maximum atomic E-state index is 10.4. The van der Waals surface area contributed by atoms with Gasteiger partial charge in [-0.2, -0.15) is 0 Å². The Morgan fingerprint density at radius 1 is 1.38 bits per heavy atom. The SMILES string of the molecule is CC1(C)C2CC(O[N+](=O)[O-])C(C)(OO)C1C2. The summed E-state index contributed by atoms with van der Waals surface area (Å²) in [6.45, 7) is 5.89. The molecule has 92 valence electrons. The molecule has 3 aliphatic rings. The van der Waals surface area contributed by atoms with E-state index in [9.17, 15) is 10.1 Å². The summed E-state index contributed by atoms with van der Waals surface area (Å²) in [7, 11) is 0. The Bertz CT molecular complexity index is 318. The van der Waals surface area contributed by atoms with E-state index in [-0.39, 0.29) is 11.3 Å². The van der Waals surface area contributed by atoms with Crippen molar-refractivity contribution in [3.05, 3.63) is 10.1 Å². The molecule has 3 rings (SSSR count). The first-order chi connectivity index (χ1) is 7.32. The van der Waals surface area contributed by atoms with Crippen molar-refractivity contribution in [3.8, 4) is 0 Å². The fourth-order valence-corrected chi connectivity index (χ4v) is 3.48. The van der Waals surface area contributed by atoms with Gasteiger partial charge < -0.3 is 4.84 Å². The van der Waals surface area contributed by atoms with E-state index in [1.54, 1.807) is 6.92 Å². The summed E-state index contributed by atoms with van der Waals surface area (Å²) in [6.07, 6.45) is 0.813. The van der Waals surface area contributed by atoms with Gasteiger partial charge in [0.15, 0.2) is 0 Å². The summed E-state index contributed by atoms with van der Waals surface area (Å²) in [4.78, 5) is 19.6. The molecular formula is C10H17NO5. The molecule has 4 unspecified atom stereocenters. The van der Waals surface area contributed by atoms with E-state index >= 15 is 0 Å². The molecule has 0 spiro atoms. The van der Waals surface area contributed by atoms with Crippen LogP contribution in [-0.2, 0) is 9.73 Å². The van der Waals surface area contributed by atoms with Gasteiger partial charge in [-0.05, 0) is 37.0 Å². The largest absolute Gasteiger partial charge is 0.307 e. The summed E-state index contributed by atoms with van der Waals surface area (Å²) in [5.41, 5.74) is -0.931. The van der Waals surface area contributed by atoms with Crippen LogP contribution >= 0.6 is 0 Å². The number of hydrogen-bond donors (Lipinski definition) is 1. The molecule has 0 amide bonds. The third-order valence-electron chi connectivity index (χ3n) is 4.71. The van der Waals surface area contributed by atoms with Crippen LogP contribution in [0.2, 0.25) is 0 Å². The van der Waals surface area contributed by atoms with Crippen LogP contribution in [0.5, 0.6) is 0 Å². The average molecular weight is 231 g/mol. The quantitative estimate of drug-likeness (QED) is 0.455. The van der Waals surface area contributed by atoms with Gasteiger partial charge in [0.1, 0.15) is 11.7 Å². The minimum atomic E-state index is -0.981. The van der Waals surface area contributed by atoms with E-state index in [1.807, 2.05) is 0 Å². The molecule has 3 aliphatic carbocycles. The smallest absolute Gasteiger partial charge is 0.294 e. The van der Waals surface area contributed by atoms with E-state index in [0.29, 0.717) is 12.3 Å². The van der Waals surface area contributed by atoms with Crippen molar-refractivity contribution in [1.82, 2.24) is 0 Å². The average Bonchev–Trinajstić information content (AvgIpc) is 2.19. The Morgan fingerprint density at radius 3 is 2.44 bits per heavy atom. The first-order valence-electron chi connectivity index (χ1n) is 5.46. The summed E-state index contributed by atoms with van der Waals surface area (Å²) < 4.78 is 0. The monoisotopic (exact) mass is 231 g/mol. The van der Waals surface area contributed by atoms with Crippen molar-refractivity contribution < 1.29 is 20.1 Å². The van der Waals surface area contributed by atoms with Crippen LogP contribution in [0.4, 0.5) is 0 Å². The first kappa shape index (κ1) is 11.6. The van der Waals surface area contributed by atoms with Crippen LogP contribution in [-0.4, -0.2) is 22.0 Å². The molecule has 0 aliphatic heterocycles. The molecule has 6 nitrogen and oxygen atoms in total. The molecule has 2 bridgehead atoms. The van der Waals surface area contributed by atoms with Crippen LogP contribution in [0.25, 0.3) is 0 Å². The van der Waals surface area contributed by atoms with E-state index < -0.39 is 16.8 Å². The highest BCUT2D eigenvalue weighted by atomic mass is 17.1. The van der Waals surface area contributed by atoms with Gasteiger partial charge in [-0.3, -0.25) is 5.26 Å². The maximum absolute atomic E-state index is 10.4. The number of nitrogens with zero attached hydrogens (tertiary/aromatic N) is 1. The lowest BCUT2D eigenvalue weighted by Crippen LogP contribution is -2.67. The van der Waals surface area contributed by atoms with Crippen molar-refractivity contribution in [2.75, 3.05) is 0 Å². The van der Waals surface area contributed by atoms with Crippen molar-refractivity contribution in [2.24, 2.45) is 17.3 Å². The van der Waals surface area contributed by atoms with Gasteiger partial charge in [0.05, 0.1) is 0 Å². The molecular weight excluding hydrogens is 214 g/mol. The summed E-state index contributed by atoms with van der Waals surface area (Å²) in [5, 5.41) is 18.7. The highest BCUT2D eigenvalue weighted by molar-refractivity contribution is 5.13. The first-order valence-corrected chi connectivity index (χ1v) is 5.46. The molecule has 6 heteroatoms. The summed E-state index contributed by atoms with van der Waals surface area (Å²) >= 11 is 0. The second-order valence-corrected chi connectivity index (χ2v) is 5.64. The van der Waals surface area contributed by atoms with Gasteiger partial charge in [0, 0.05) is 0 Å². The normalized spacial score (nSPS) is 44.6. The minimum Gasteiger partial charge on any atom is -0.307 e. The predicted octanol–water partition coefficient (Wildman–Crippen LogP) is 1.88. The molecule has 3 fully saturated rings. The molecule has 0 aromatic heterocycles. The third kappa shape index (κ3) is 1.33. The third-order valence-corrected chi connectivity index (χ3v) is 4.71. The van der Waals surface area contributed by atoms with Gasteiger partial charge >= 0.3 is 0 Å². The lowest BCUT2D eigenvalue weighted by atomic mass is 9.43. The fourth-order valence-electron chi connectivity index (χ4n) is 3.48. The molecule has 1 N–H and O–H groups in total. The zero-order chi connectivity index (χ0) is 12.1. The standard InChI is InChI=1S/C10H17NO5/c1-9(2)6-4-7(9)10(3,16-14)8(5-6)15-11(12)13/h6-8,14H,4-5H2,1-3H3. The Morgan fingerprint density at radius 2 is 2.00 bits per heavy atom. The summed E-state index contributed by atoms with van der Waals surface area (Å²) in [5.74, 6) is 0.499. The van der Waals surface area contributed by atoms with E-state index in [1.165, 1.54) is 0 Å². The van der Waals surface area contributed by atoms with Crippen LogP contribution in [0, 0.1) is 27.4 Å². The lowest BCUT2D eigenvalue weighted by Gasteiger charge is -2.64. The maximum Gasteiger partial charge on any atom is 0.294 e. The predicted molar refractivity (Wildman–Crippen MR) is 54.0 cm³/mol. The van der Waals surface area contributed by atoms with E-state index in [0.717, 1.165) is 6.42 Å². The molecule has 0 aromatic carbocycles. The number of fused-ring (bicyclic) bond motifs is 2. The topological polar surface area (TPSA) is 81.8 Å². The van der Waals surface area contributed by atoms with E-state index in [2.05, 4.69) is 23.6 Å². The molecule has 3 saturated carbocycles. The Kier molecular flexibility index (Phi) is 2.40. The van der Waals surface area contributed by atoms with Gasteiger partial charge in [-0.15, -0.1) is 10.1 Å². The molecule has 4 atom stereocenters. The molecule has 16 heavy (non-hydrogen) atoms. The Balaban J connectivity index is 2.22. The second-order valence-electron chi connectivity index (χ2n) is 5.64. The molecule has 0 radical (unpaired) electrons. The van der Waals surface area contributed by atoms with Crippen molar-refractivity contribution in [2.45, 2.75) is 45.3 Å². The van der Waals surface area contributed by atoms with Crippen LogP contribution < -0.4 is 0 Å². The lowest BCUT2D eigenvalue weighted by molar-refractivity contribution is -0.777. The number of rotatable bonds is 3. The Hall–Kier alpha value is -0.880. The van der Waals surface area contributed by atoms with Gasteiger partial charge in [-0.1, -0.05) is 13.8 Å². The van der Waals surface area contributed by atoms with Crippen LogP contribution in [0.15, 0.2) is 0 Å². The zero-order valence-corrected chi connectivity index (χ0v) is 9.67. The van der Waals surface area contributed by atoms with Gasteiger partial charge in [0.25, 0.3) is 5.09 Å². The van der Waals surface area contributed by atoms with Crippen molar-refractivity contribution >= 4 is 0 Å². The van der Waals surface area contributed by atoms with E-state index in [4.69, 9.17) is 5.26 Å². The fraction of sp³-hybridized carbons (Fsp3) is 1.00. The zero-order valence-electron chi connectivity index (χ0n) is 9.67. The van der Waals surface area contributed by atoms with Crippen LogP contribution in [0.3, 0.4) is 0 Å². The molecule has 0 heterocycles. The molecule has 0 aromatic rings. The highest BCUT2D eigenvalue weighted by Gasteiger charge is 2.65. The van der Waals surface area contributed by atoms with Crippen LogP contribution in [0.1, 0.15) is 33.6 Å². The Labute approximate surface area is 93.6 Å². The van der Waals surface area contributed by atoms with Gasteiger partial charge in [0.2, 0.25) is 0 Å². The minimum absolute atomic E-state index is 0.0495. The van der Waals surface area contributed by atoms with Gasteiger partial charge in [-0.25, -0.2) is 4.89 Å². The number of hydrogen-bond acceptors (Lipinski definition) is 5. The van der Waals surface area contributed by atoms with Crippen molar-refractivity contribution in [1.29, 1.82) is 0 Å². The molecule has 0 saturated heterocycles. The second kappa shape index (κ2) is 3.30. The summed E-state index contributed by atoms with van der Waals surface area (Å²) in [6, 6.07) is 0. The van der Waals surface area contributed by atoms with Crippen molar-refractivity contribution in [3.63, 3.8) is 0 Å².